The number of rotatable bonds is 10. The third kappa shape index (κ3) is 5.52. The Kier molecular flexibility index (Phi) is 8.09. The highest BCUT2D eigenvalue weighted by Gasteiger charge is 2.51. The lowest BCUT2D eigenvalue weighted by molar-refractivity contribution is -0.137. The molecule has 3 aromatic rings. The van der Waals surface area contributed by atoms with Gasteiger partial charge in [0.15, 0.2) is 11.5 Å². The van der Waals surface area contributed by atoms with E-state index >= 15 is 0 Å². The van der Waals surface area contributed by atoms with Crippen LogP contribution >= 0.6 is 0 Å². The van der Waals surface area contributed by atoms with Crippen LogP contribution in [0.5, 0.6) is 23.0 Å². The molecule has 3 N–H and O–H groups in total. The van der Waals surface area contributed by atoms with Crippen molar-refractivity contribution >= 4 is 23.6 Å². The lowest BCUT2D eigenvalue weighted by Crippen LogP contribution is -2.61. The Morgan fingerprint density at radius 2 is 1.49 bits per heavy atom. The van der Waals surface area contributed by atoms with Gasteiger partial charge in [0.05, 0.1) is 28.4 Å². The molecule has 0 aromatic heterocycles. The highest BCUT2D eigenvalue weighted by Crippen LogP contribution is 2.42. The molecular formula is C28H29N3O8. The average molecular weight is 536 g/mol. The molecule has 0 aliphatic carbocycles. The zero-order valence-corrected chi connectivity index (χ0v) is 21.9. The number of methoxy groups -OCH3 is 4. The monoisotopic (exact) mass is 535 g/mol. The van der Waals surface area contributed by atoms with Crippen LogP contribution in [-0.2, 0) is 16.1 Å². The van der Waals surface area contributed by atoms with E-state index in [1.165, 1.54) is 26.2 Å². The number of ether oxygens (including phenoxy) is 5. The molecular weight excluding hydrogens is 506 g/mol. The molecule has 11 nitrogen and oxygen atoms in total. The van der Waals surface area contributed by atoms with Crippen molar-refractivity contribution in [3.63, 3.8) is 0 Å². The van der Waals surface area contributed by atoms with Crippen LogP contribution < -0.4 is 34.9 Å². The van der Waals surface area contributed by atoms with Crippen molar-refractivity contribution in [1.29, 1.82) is 0 Å². The zero-order valence-electron chi connectivity index (χ0n) is 21.9. The molecule has 1 heterocycles. The maximum Gasteiger partial charge on any atom is 0.408 e. The van der Waals surface area contributed by atoms with Gasteiger partial charge in [-0.05, 0) is 59.7 Å². The van der Waals surface area contributed by atoms with Crippen molar-refractivity contribution in [3.05, 3.63) is 77.4 Å². The molecule has 2 atom stereocenters. The quantitative estimate of drug-likeness (QED) is 0.378. The number of nitrogens with zero attached hydrogens (tertiary/aromatic N) is 1. The van der Waals surface area contributed by atoms with Crippen LogP contribution in [0.15, 0.2) is 60.7 Å². The topological polar surface area (TPSA) is 139 Å². The van der Waals surface area contributed by atoms with Crippen LogP contribution in [0.4, 0.5) is 10.5 Å². The second kappa shape index (κ2) is 11.6. The number of nitrogens with two attached hydrogens (primary N) is 1. The lowest BCUT2D eigenvalue weighted by atomic mass is 9.89. The van der Waals surface area contributed by atoms with Gasteiger partial charge in [0.2, 0.25) is 17.8 Å². The minimum atomic E-state index is -1.09. The highest BCUT2D eigenvalue weighted by atomic mass is 16.6. The van der Waals surface area contributed by atoms with Crippen LogP contribution in [0.25, 0.3) is 0 Å². The summed E-state index contributed by atoms with van der Waals surface area (Å²) in [6.07, 6.45) is -1.87. The molecule has 204 valence electrons. The third-order valence-electron chi connectivity index (χ3n) is 6.33. The second-order valence-electron chi connectivity index (χ2n) is 8.55. The maximum absolute atomic E-state index is 13.2. The Bertz CT molecular complexity index is 1330. The highest BCUT2D eigenvalue weighted by molar-refractivity contribution is 6.06. The predicted molar refractivity (Wildman–Crippen MR) is 141 cm³/mol. The number of benzene rings is 3. The van der Waals surface area contributed by atoms with Crippen molar-refractivity contribution in [2.45, 2.75) is 18.7 Å². The summed E-state index contributed by atoms with van der Waals surface area (Å²) in [7, 11) is 6.04. The summed E-state index contributed by atoms with van der Waals surface area (Å²) in [5.74, 6) is 0.962. The molecule has 0 spiro atoms. The zero-order chi connectivity index (χ0) is 28.1. The van der Waals surface area contributed by atoms with E-state index in [2.05, 4.69) is 5.32 Å². The summed E-state index contributed by atoms with van der Waals surface area (Å²) in [5, 5.41) is 2.66. The molecule has 0 unspecified atom stereocenters. The normalized spacial score (nSPS) is 16.1. The van der Waals surface area contributed by atoms with E-state index in [0.717, 1.165) is 0 Å². The molecule has 3 amide bonds. The van der Waals surface area contributed by atoms with Gasteiger partial charge in [-0.1, -0.05) is 12.1 Å². The minimum Gasteiger partial charge on any atom is -0.497 e. The summed E-state index contributed by atoms with van der Waals surface area (Å²) in [6, 6.07) is 16.2. The van der Waals surface area contributed by atoms with Crippen LogP contribution in [-0.4, -0.2) is 52.5 Å². The van der Waals surface area contributed by atoms with E-state index in [4.69, 9.17) is 29.4 Å². The van der Waals surface area contributed by atoms with E-state index in [1.807, 2.05) is 0 Å². The average Bonchev–Trinajstić information content (AvgIpc) is 2.96. The fraction of sp³-hybridized carbons (Fsp3) is 0.250. The maximum atomic E-state index is 13.2. The van der Waals surface area contributed by atoms with Crippen LogP contribution in [0.1, 0.15) is 27.5 Å². The molecule has 1 aliphatic rings. The van der Waals surface area contributed by atoms with E-state index in [1.54, 1.807) is 67.8 Å². The molecule has 3 aromatic carbocycles. The van der Waals surface area contributed by atoms with Crippen molar-refractivity contribution < 1.29 is 38.1 Å². The first-order valence-electron chi connectivity index (χ1n) is 11.9. The number of hydrogen-bond donors (Lipinski definition) is 2. The summed E-state index contributed by atoms with van der Waals surface area (Å²) in [6.45, 7) is 0.0800. The second-order valence-corrected chi connectivity index (χ2v) is 8.55. The molecule has 39 heavy (non-hydrogen) atoms. The SMILES string of the molecule is COc1ccc(N2C(=O)[C@@H](OC(=O)NCc3cc(OC)c(OC)c(OC)c3)[C@H]2c2ccc(C(N)=O)cc2)cc1. The summed E-state index contributed by atoms with van der Waals surface area (Å²) in [4.78, 5) is 39.0. The first-order valence-corrected chi connectivity index (χ1v) is 11.9. The molecule has 0 saturated carbocycles. The van der Waals surface area contributed by atoms with Gasteiger partial charge in [-0.15, -0.1) is 0 Å². The minimum absolute atomic E-state index is 0.0800. The summed E-state index contributed by atoms with van der Waals surface area (Å²) >= 11 is 0. The van der Waals surface area contributed by atoms with Crippen LogP contribution in [0.3, 0.4) is 0 Å². The Morgan fingerprint density at radius 3 is 2.00 bits per heavy atom. The number of carbonyl (C=O) groups is 3. The third-order valence-corrected chi connectivity index (χ3v) is 6.33. The van der Waals surface area contributed by atoms with Crippen molar-refractivity contribution in [2.75, 3.05) is 33.3 Å². The first-order chi connectivity index (χ1) is 18.8. The molecule has 1 fully saturated rings. The number of alkyl carbamates (subject to hydrolysis) is 1. The van der Waals surface area contributed by atoms with Gasteiger partial charge in [-0.2, -0.15) is 0 Å². The number of primary amides is 1. The standard InChI is InChI=1S/C28H29N3O8/c1-35-20-11-9-19(10-12-20)31-23(17-5-7-18(8-6-17)26(29)32)25(27(31)33)39-28(34)30-15-16-13-21(36-2)24(38-4)22(14-16)37-3/h5-14,23,25H,15H2,1-4H3,(H2,29,32)(H,30,34)/t23-,25+/m1/s1. The summed E-state index contributed by atoms with van der Waals surface area (Å²) < 4.78 is 26.8. The van der Waals surface area contributed by atoms with Crippen molar-refractivity contribution in [1.82, 2.24) is 5.32 Å². The Morgan fingerprint density at radius 1 is 0.872 bits per heavy atom. The Balaban J connectivity index is 1.53. The van der Waals surface area contributed by atoms with Gasteiger partial charge >= 0.3 is 6.09 Å². The molecule has 1 aliphatic heterocycles. The Labute approximate surface area is 225 Å². The molecule has 11 heteroatoms. The van der Waals surface area contributed by atoms with Gasteiger partial charge in [0, 0.05) is 17.8 Å². The van der Waals surface area contributed by atoms with E-state index < -0.39 is 30.1 Å². The fourth-order valence-corrected chi connectivity index (χ4v) is 4.35. The molecule has 1 saturated heterocycles. The lowest BCUT2D eigenvalue weighted by Gasteiger charge is -2.46. The van der Waals surface area contributed by atoms with E-state index in [0.29, 0.717) is 45.4 Å². The molecule has 4 rings (SSSR count). The molecule has 0 bridgehead atoms. The van der Waals surface area contributed by atoms with Gasteiger partial charge < -0.3 is 34.7 Å². The number of β-lactam (4-membered cyclic amide) rings is 1. The smallest absolute Gasteiger partial charge is 0.408 e. The number of amides is 3. The van der Waals surface area contributed by atoms with Crippen molar-refractivity contribution in [3.8, 4) is 23.0 Å². The fourth-order valence-electron chi connectivity index (χ4n) is 4.35. The van der Waals surface area contributed by atoms with Gasteiger partial charge in [-0.3, -0.25) is 14.5 Å². The van der Waals surface area contributed by atoms with E-state index in [9.17, 15) is 14.4 Å². The van der Waals surface area contributed by atoms with Gasteiger partial charge in [-0.25, -0.2) is 4.79 Å². The number of carbonyl (C=O) groups excluding carboxylic acids is 3. The van der Waals surface area contributed by atoms with Crippen molar-refractivity contribution in [2.24, 2.45) is 5.73 Å². The number of hydrogen-bond acceptors (Lipinski definition) is 8. The number of nitrogens with one attached hydrogen (secondary N) is 1. The number of anilines is 1. The molecule has 0 radical (unpaired) electrons. The van der Waals surface area contributed by atoms with Crippen LogP contribution in [0, 0.1) is 0 Å². The Hall–Kier alpha value is -4.93. The first kappa shape index (κ1) is 27.1. The van der Waals surface area contributed by atoms with E-state index in [-0.39, 0.29) is 6.54 Å². The van der Waals surface area contributed by atoms with Gasteiger partial charge in [0.1, 0.15) is 11.8 Å². The largest absolute Gasteiger partial charge is 0.497 e. The summed E-state index contributed by atoms with van der Waals surface area (Å²) in [5.41, 5.74) is 7.62. The van der Waals surface area contributed by atoms with Gasteiger partial charge in [0.25, 0.3) is 5.91 Å². The van der Waals surface area contributed by atoms with Crippen LogP contribution in [0.2, 0.25) is 0 Å². The predicted octanol–water partition coefficient (Wildman–Crippen LogP) is 3.20.